The van der Waals surface area contributed by atoms with Crippen molar-refractivity contribution in [3.63, 3.8) is 0 Å². The minimum Gasteiger partial charge on any atom is -0.459 e. The minimum atomic E-state index is -0.832. The summed E-state index contributed by atoms with van der Waals surface area (Å²) in [5, 5.41) is 0. The number of ether oxygens (including phenoxy) is 1. The summed E-state index contributed by atoms with van der Waals surface area (Å²) in [7, 11) is 0. The standard InChI is InChI=1S/C10H19NO3/c1-5-7(12)6-8(11)9(13)14-10(2,3)4/h8H,5-6,11H2,1-4H3. The van der Waals surface area contributed by atoms with Gasteiger partial charge in [-0.05, 0) is 20.8 Å². The summed E-state index contributed by atoms with van der Waals surface area (Å²) in [5.41, 5.74) is 4.95. The number of ketones is 1. The predicted molar refractivity (Wildman–Crippen MR) is 53.7 cm³/mol. The Morgan fingerprint density at radius 1 is 1.36 bits per heavy atom. The lowest BCUT2D eigenvalue weighted by molar-refractivity contribution is -0.157. The summed E-state index contributed by atoms with van der Waals surface area (Å²) in [6.07, 6.45) is 0.460. The smallest absolute Gasteiger partial charge is 0.323 e. The molecule has 2 N–H and O–H groups in total. The largest absolute Gasteiger partial charge is 0.459 e. The molecule has 0 aromatic heterocycles. The van der Waals surface area contributed by atoms with Gasteiger partial charge in [0, 0.05) is 12.8 Å². The van der Waals surface area contributed by atoms with Crippen LogP contribution >= 0.6 is 0 Å². The fraction of sp³-hybridized carbons (Fsp3) is 0.800. The molecule has 82 valence electrons. The normalized spacial score (nSPS) is 13.5. The summed E-state index contributed by atoms with van der Waals surface area (Å²) in [6, 6.07) is -0.832. The molecule has 0 fully saturated rings. The number of rotatable bonds is 4. The lowest BCUT2D eigenvalue weighted by Gasteiger charge is -2.21. The minimum absolute atomic E-state index is 0.0247. The van der Waals surface area contributed by atoms with Gasteiger partial charge in [0.2, 0.25) is 0 Å². The molecule has 0 saturated heterocycles. The van der Waals surface area contributed by atoms with Gasteiger partial charge in [0.05, 0.1) is 0 Å². The molecule has 0 heterocycles. The van der Waals surface area contributed by atoms with E-state index in [4.69, 9.17) is 10.5 Å². The number of hydrogen-bond donors (Lipinski definition) is 1. The molecule has 0 radical (unpaired) electrons. The maximum atomic E-state index is 11.3. The molecule has 4 nitrogen and oxygen atoms in total. The molecular formula is C10H19NO3. The lowest BCUT2D eigenvalue weighted by Crippen LogP contribution is -2.38. The molecule has 0 bridgehead atoms. The van der Waals surface area contributed by atoms with Crippen LogP contribution < -0.4 is 5.73 Å². The van der Waals surface area contributed by atoms with Crippen LogP contribution in [0.3, 0.4) is 0 Å². The first-order valence-electron chi connectivity index (χ1n) is 4.76. The van der Waals surface area contributed by atoms with E-state index < -0.39 is 17.6 Å². The fourth-order valence-electron chi connectivity index (χ4n) is 0.850. The predicted octanol–water partition coefficient (Wildman–Crippen LogP) is 1.02. The Morgan fingerprint density at radius 2 is 1.86 bits per heavy atom. The molecule has 14 heavy (non-hydrogen) atoms. The van der Waals surface area contributed by atoms with Crippen LogP contribution in [-0.4, -0.2) is 23.4 Å². The van der Waals surface area contributed by atoms with Crippen molar-refractivity contribution < 1.29 is 14.3 Å². The highest BCUT2D eigenvalue weighted by molar-refractivity contribution is 5.86. The van der Waals surface area contributed by atoms with E-state index in [2.05, 4.69) is 0 Å². The maximum absolute atomic E-state index is 11.3. The molecule has 1 atom stereocenters. The van der Waals surface area contributed by atoms with Crippen molar-refractivity contribution >= 4 is 11.8 Å². The van der Waals surface area contributed by atoms with Gasteiger partial charge in [0.25, 0.3) is 0 Å². The molecule has 0 aliphatic carbocycles. The third-order valence-electron chi connectivity index (χ3n) is 1.55. The zero-order valence-corrected chi connectivity index (χ0v) is 9.29. The van der Waals surface area contributed by atoms with Gasteiger partial charge in [-0.15, -0.1) is 0 Å². The molecule has 0 aromatic rings. The van der Waals surface area contributed by atoms with Crippen LogP contribution in [0, 0.1) is 0 Å². The van der Waals surface area contributed by atoms with E-state index in [-0.39, 0.29) is 12.2 Å². The van der Waals surface area contributed by atoms with Gasteiger partial charge in [-0.3, -0.25) is 9.59 Å². The molecular weight excluding hydrogens is 182 g/mol. The van der Waals surface area contributed by atoms with Crippen molar-refractivity contribution in [2.24, 2.45) is 5.73 Å². The second-order valence-corrected chi connectivity index (χ2v) is 4.24. The van der Waals surface area contributed by atoms with Gasteiger partial charge >= 0.3 is 5.97 Å². The first-order chi connectivity index (χ1) is 6.26. The second-order valence-electron chi connectivity index (χ2n) is 4.24. The second kappa shape index (κ2) is 5.10. The average molecular weight is 201 g/mol. The number of nitrogens with two attached hydrogens (primary N) is 1. The topological polar surface area (TPSA) is 69.4 Å². The highest BCUT2D eigenvalue weighted by Crippen LogP contribution is 2.09. The number of carbonyl (C=O) groups is 2. The molecule has 0 spiro atoms. The van der Waals surface area contributed by atoms with Crippen LogP contribution in [0.5, 0.6) is 0 Å². The first kappa shape index (κ1) is 13.1. The summed E-state index contributed by atoms with van der Waals surface area (Å²) in [4.78, 5) is 22.3. The quantitative estimate of drug-likeness (QED) is 0.689. The fourth-order valence-corrected chi connectivity index (χ4v) is 0.850. The molecule has 0 amide bonds. The van der Waals surface area contributed by atoms with E-state index in [0.29, 0.717) is 6.42 Å². The van der Waals surface area contributed by atoms with Gasteiger partial charge in [-0.1, -0.05) is 6.92 Å². The Hall–Kier alpha value is -0.900. The Bertz CT molecular complexity index is 218. The van der Waals surface area contributed by atoms with Crippen molar-refractivity contribution in [2.75, 3.05) is 0 Å². The summed E-state index contributed by atoms with van der Waals surface area (Å²) >= 11 is 0. The van der Waals surface area contributed by atoms with Crippen molar-refractivity contribution in [3.8, 4) is 0 Å². The zero-order chi connectivity index (χ0) is 11.4. The summed E-state index contributed by atoms with van der Waals surface area (Å²) in [5.74, 6) is -0.539. The maximum Gasteiger partial charge on any atom is 0.323 e. The van der Waals surface area contributed by atoms with Crippen LogP contribution in [0.4, 0.5) is 0 Å². The van der Waals surface area contributed by atoms with Crippen LogP contribution in [0.1, 0.15) is 40.5 Å². The highest BCUT2D eigenvalue weighted by Gasteiger charge is 2.23. The third-order valence-corrected chi connectivity index (χ3v) is 1.55. The van der Waals surface area contributed by atoms with Crippen LogP contribution in [0.15, 0.2) is 0 Å². The molecule has 0 saturated carbocycles. The van der Waals surface area contributed by atoms with E-state index in [0.717, 1.165) is 0 Å². The summed E-state index contributed by atoms with van der Waals surface area (Å²) < 4.78 is 5.03. The van der Waals surface area contributed by atoms with E-state index in [1.165, 1.54) is 0 Å². The van der Waals surface area contributed by atoms with E-state index in [1.807, 2.05) is 0 Å². The van der Waals surface area contributed by atoms with Crippen molar-refractivity contribution in [1.29, 1.82) is 0 Å². The summed E-state index contributed by atoms with van der Waals surface area (Å²) in [6.45, 7) is 7.03. The number of Topliss-reactive ketones (excluding diaryl/α,β-unsaturated/α-hetero) is 1. The van der Waals surface area contributed by atoms with E-state index in [1.54, 1.807) is 27.7 Å². The molecule has 0 aliphatic heterocycles. The molecule has 4 heteroatoms. The van der Waals surface area contributed by atoms with Gasteiger partial charge in [-0.25, -0.2) is 0 Å². The highest BCUT2D eigenvalue weighted by atomic mass is 16.6. The van der Waals surface area contributed by atoms with Gasteiger partial charge in [0.1, 0.15) is 17.4 Å². The number of esters is 1. The number of carbonyl (C=O) groups excluding carboxylic acids is 2. The van der Waals surface area contributed by atoms with Gasteiger partial charge in [-0.2, -0.15) is 0 Å². The van der Waals surface area contributed by atoms with Crippen LogP contribution in [0.25, 0.3) is 0 Å². The van der Waals surface area contributed by atoms with Crippen molar-refractivity contribution in [1.82, 2.24) is 0 Å². The molecule has 0 aromatic carbocycles. The Morgan fingerprint density at radius 3 is 2.21 bits per heavy atom. The average Bonchev–Trinajstić information content (AvgIpc) is 2.00. The Labute approximate surface area is 84.8 Å². The Balaban J connectivity index is 4.07. The van der Waals surface area contributed by atoms with Crippen molar-refractivity contribution in [2.45, 2.75) is 52.2 Å². The Kier molecular flexibility index (Phi) is 4.77. The van der Waals surface area contributed by atoms with Gasteiger partial charge < -0.3 is 10.5 Å². The van der Waals surface area contributed by atoms with Crippen molar-refractivity contribution in [3.05, 3.63) is 0 Å². The molecule has 0 aliphatic rings. The van der Waals surface area contributed by atoms with E-state index in [9.17, 15) is 9.59 Å². The third kappa shape index (κ3) is 5.70. The molecule has 0 rings (SSSR count). The van der Waals surface area contributed by atoms with E-state index >= 15 is 0 Å². The molecule has 1 unspecified atom stereocenters. The van der Waals surface area contributed by atoms with Crippen LogP contribution in [-0.2, 0) is 14.3 Å². The lowest BCUT2D eigenvalue weighted by atomic mass is 10.1. The first-order valence-corrected chi connectivity index (χ1v) is 4.76. The van der Waals surface area contributed by atoms with Crippen LogP contribution in [0.2, 0.25) is 0 Å². The zero-order valence-electron chi connectivity index (χ0n) is 9.29. The monoisotopic (exact) mass is 201 g/mol. The SMILES string of the molecule is CCC(=O)CC(N)C(=O)OC(C)(C)C. The number of hydrogen-bond acceptors (Lipinski definition) is 4. The van der Waals surface area contributed by atoms with Gasteiger partial charge in [0.15, 0.2) is 0 Å².